The summed E-state index contributed by atoms with van der Waals surface area (Å²) in [7, 11) is -2.61. The van der Waals surface area contributed by atoms with E-state index in [1.807, 2.05) is 36.4 Å². The van der Waals surface area contributed by atoms with E-state index in [4.69, 9.17) is 4.74 Å². The smallest absolute Gasteiger partial charge is 0.246 e. The van der Waals surface area contributed by atoms with Crippen LogP contribution in [0.25, 0.3) is 10.8 Å². The lowest BCUT2D eigenvalue weighted by atomic mass is 9.97. The van der Waals surface area contributed by atoms with Crippen LogP contribution in [0.4, 0.5) is 8.78 Å². The summed E-state index contributed by atoms with van der Waals surface area (Å²) in [6.45, 7) is 0.373. The number of hydrogen-bond donors (Lipinski definition) is 1. The molecule has 4 rings (SSSR count). The van der Waals surface area contributed by atoms with Crippen molar-refractivity contribution in [2.24, 2.45) is 5.92 Å². The molecule has 0 radical (unpaired) electrons. The highest BCUT2D eigenvalue weighted by molar-refractivity contribution is 7.89. The van der Waals surface area contributed by atoms with Gasteiger partial charge in [0.2, 0.25) is 15.9 Å². The Morgan fingerprint density at radius 2 is 1.82 bits per heavy atom. The summed E-state index contributed by atoms with van der Waals surface area (Å²) in [6, 6.07) is 14.0. The normalized spacial score (nSPS) is 15.5. The zero-order chi connectivity index (χ0) is 23.6. The maximum atomic E-state index is 14.0. The fourth-order valence-electron chi connectivity index (χ4n) is 4.18. The van der Waals surface area contributed by atoms with E-state index in [2.05, 4.69) is 5.32 Å². The summed E-state index contributed by atoms with van der Waals surface area (Å²) in [5, 5.41) is 4.96. The number of benzene rings is 3. The second-order valence-electron chi connectivity index (χ2n) is 7.94. The molecule has 3 aromatic rings. The molecule has 0 saturated carbocycles. The SMILES string of the molecule is COc1ccc2ccccc2c1CNC(=O)C1CCN(S(=O)(=O)c2cc(F)ccc2F)CC1. The molecule has 9 heteroatoms. The van der Waals surface area contributed by atoms with Crippen LogP contribution < -0.4 is 10.1 Å². The van der Waals surface area contributed by atoms with Gasteiger partial charge in [-0.05, 0) is 47.9 Å². The Labute approximate surface area is 191 Å². The van der Waals surface area contributed by atoms with Gasteiger partial charge in [-0.15, -0.1) is 0 Å². The predicted octanol–water partition coefficient (Wildman–Crippen LogP) is 3.84. The maximum absolute atomic E-state index is 14.0. The van der Waals surface area contributed by atoms with Crippen molar-refractivity contribution < 1.29 is 26.7 Å². The molecule has 1 heterocycles. The van der Waals surface area contributed by atoms with Gasteiger partial charge in [-0.2, -0.15) is 4.31 Å². The molecule has 1 amide bonds. The first-order chi connectivity index (χ1) is 15.8. The molecule has 0 unspecified atom stereocenters. The number of hydrogen-bond acceptors (Lipinski definition) is 4. The van der Waals surface area contributed by atoms with Crippen molar-refractivity contribution in [1.29, 1.82) is 0 Å². The minimum Gasteiger partial charge on any atom is -0.496 e. The summed E-state index contributed by atoms with van der Waals surface area (Å²) in [5.74, 6) is -1.71. The highest BCUT2D eigenvalue weighted by atomic mass is 32.2. The molecule has 1 N–H and O–H groups in total. The van der Waals surface area contributed by atoms with Gasteiger partial charge in [0.25, 0.3) is 0 Å². The van der Waals surface area contributed by atoms with Crippen molar-refractivity contribution >= 4 is 26.7 Å². The van der Waals surface area contributed by atoms with Gasteiger partial charge in [-0.1, -0.05) is 30.3 Å². The fourth-order valence-corrected chi connectivity index (χ4v) is 5.73. The molecular weight excluding hydrogens is 450 g/mol. The molecule has 33 heavy (non-hydrogen) atoms. The number of carbonyl (C=O) groups is 1. The number of rotatable bonds is 6. The monoisotopic (exact) mass is 474 g/mol. The Kier molecular flexibility index (Phi) is 6.62. The van der Waals surface area contributed by atoms with Crippen LogP contribution in [0.3, 0.4) is 0 Å². The van der Waals surface area contributed by atoms with Gasteiger partial charge in [-0.25, -0.2) is 17.2 Å². The van der Waals surface area contributed by atoms with Gasteiger partial charge in [0, 0.05) is 31.1 Å². The van der Waals surface area contributed by atoms with E-state index in [1.54, 1.807) is 7.11 Å². The number of methoxy groups -OCH3 is 1. The van der Waals surface area contributed by atoms with Crippen LogP contribution >= 0.6 is 0 Å². The molecule has 1 saturated heterocycles. The Morgan fingerprint density at radius 1 is 1.09 bits per heavy atom. The number of nitrogens with zero attached hydrogens (tertiary/aromatic N) is 1. The Morgan fingerprint density at radius 3 is 2.55 bits per heavy atom. The average molecular weight is 475 g/mol. The van der Waals surface area contributed by atoms with E-state index >= 15 is 0 Å². The third kappa shape index (κ3) is 4.69. The number of piperidine rings is 1. The third-order valence-electron chi connectivity index (χ3n) is 5.99. The van der Waals surface area contributed by atoms with Crippen molar-refractivity contribution in [3.63, 3.8) is 0 Å². The quantitative estimate of drug-likeness (QED) is 0.589. The number of nitrogens with one attached hydrogen (secondary N) is 1. The van der Waals surface area contributed by atoms with Crippen LogP contribution in [0.15, 0.2) is 59.5 Å². The molecule has 174 valence electrons. The molecule has 0 spiro atoms. The summed E-state index contributed by atoms with van der Waals surface area (Å²) in [6.07, 6.45) is 0.573. The van der Waals surface area contributed by atoms with Crippen LogP contribution in [0.2, 0.25) is 0 Å². The lowest BCUT2D eigenvalue weighted by Crippen LogP contribution is -2.43. The number of carbonyl (C=O) groups excluding carboxylic acids is 1. The summed E-state index contributed by atoms with van der Waals surface area (Å²) in [4.78, 5) is 12.1. The van der Waals surface area contributed by atoms with Gasteiger partial charge >= 0.3 is 0 Å². The van der Waals surface area contributed by atoms with E-state index in [-0.39, 0.29) is 44.3 Å². The second kappa shape index (κ2) is 9.44. The molecule has 0 atom stereocenters. The Hall–Kier alpha value is -3.04. The number of amides is 1. The Balaban J connectivity index is 1.42. The molecule has 3 aromatic carbocycles. The number of ether oxygens (including phenoxy) is 1. The molecular formula is C24H24F2N2O4S. The molecule has 0 aromatic heterocycles. The van der Waals surface area contributed by atoms with Gasteiger partial charge < -0.3 is 10.1 Å². The van der Waals surface area contributed by atoms with E-state index in [0.717, 1.165) is 32.8 Å². The second-order valence-corrected chi connectivity index (χ2v) is 9.84. The average Bonchev–Trinajstić information content (AvgIpc) is 2.83. The predicted molar refractivity (Wildman–Crippen MR) is 120 cm³/mol. The van der Waals surface area contributed by atoms with E-state index in [1.165, 1.54) is 0 Å². The van der Waals surface area contributed by atoms with Gasteiger partial charge in [0.15, 0.2) is 0 Å². The lowest BCUT2D eigenvalue weighted by molar-refractivity contribution is -0.126. The van der Waals surface area contributed by atoms with Crippen molar-refractivity contribution in [2.45, 2.75) is 24.3 Å². The number of fused-ring (bicyclic) bond motifs is 1. The number of halogens is 2. The molecule has 0 aliphatic carbocycles. The first-order valence-electron chi connectivity index (χ1n) is 10.6. The highest BCUT2D eigenvalue weighted by Crippen LogP contribution is 2.29. The highest BCUT2D eigenvalue weighted by Gasteiger charge is 2.33. The Bertz CT molecular complexity index is 1290. The standard InChI is InChI=1S/C24H24F2N2O4S/c1-32-22-9-6-16-4-2-3-5-19(16)20(22)15-27-24(29)17-10-12-28(13-11-17)33(30,31)23-14-18(25)7-8-21(23)26/h2-9,14,17H,10-13,15H2,1H3,(H,27,29). The summed E-state index contributed by atoms with van der Waals surface area (Å²) >= 11 is 0. The minimum absolute atomic E-state index is 0.0496. The summed E-state index contributed by atoms with van der Waals surface area (Å²) in [5.41, 5.74) is 0.866. The van der Waals surface area contributed by atoms with E-state index < -0.39 is 26.6 Å². The van der Waals surface area contributed by atoms with Crippen molar-refractivity contribution in [3.05, 3.63) is 71.8 Å². The zero-order valence-corrected chi connectivity index (χ0v) is 18.9. The summed E-state index contributed by atoms with van der Waals surface area (Å²) < 4.78 is 59.5. The largest absolute Gasteiger partial charge is 0.496 e. The first kappa shape index (κ1) is 23.1. The van der Waals surface area contributed by atoms with Gasteiger partial charge in [-0.3, -0.25) is 4.79 Å². The number of sulfonamides is 1. The first-order valence-corrected chi connectivity index (χ1v) is 12.0. The van der Waals surface area contributed by atoms with Crippen LogP contribution in [0.1, 0.15) is 18.4 Å². The van der Waals surface area contributed by atoms with E-state index in [9.17, 15) is 22.0 Å². The van der Waals surface area contributed by atoms with Crippen LogP contribution in [-0.4, -0.2) is 38.8 Å². The maximum Gasteiger partial charge on any atom is 0.246 e. The molecule has 1 fully saturated rings. The van der Waals surface area contributed by atoms with Gasteiger partial charge in [0.1, 0.15) is 22.3 Å². The van der Waals surface area contributed by atoms with Crippen molar-refractivity contribution in [2.75, 3.05) is 20.2 Å². The molecule has 0 bridgehead atoms. The van der Waals surface area contributed by atoms with Crippen LogP contribution in [-0.2, 0) is 21.4 Å². The third-order valence-corrected chi connectivity index (χ3v) is 7.91. The zero-order valence-electron chi connectivity index (χ0n) is 18.1. The van der Waals surface area contributed by atoms with E-state index in [0.29, 0.717) is 11.8 Å². The molecule has 1 aliphatic rings. The van der Waals surface area contributed by atoms with Crippen LogP contribution in [0.5, 0.6) is 5.75 Å². The van der Waals surface area contributed by atoms with Crippen molar-refractivity contribution in [1.82, 2.24) is 9.62 Å². The van der Waals surface area contributed by atoms with Crippen LogP contribution in [0, 0.1) is 17.6 Å². The molecule has 6 nitrogen and oxygen atoms in total. The topological polar surface area (TPSA) is 75.7 Å². The van der Waals surface area contributed by atoms with Crippen molar-refractivity contribution in [3.8, 4) is 5.75 Å². The lowest BCUT2D eigenvalue weighted by Gasteiger charge is -2.30. The molecule has 1 aliphatic heterocycles. The minimum atomic E-state index is -4.18. The van der Waals surface area contributed by atoms with Gasteiger partial charge in [0.05, 0.1) is 7.11 Å². The fraction of sp³-hybridized carbons (Fsp3) is 0.292.